The summed E-state index contributed by atoms with van der Waals surface area (Å²) in [4.78, 5) is 39.6. The van der Waals surface area contributed by atoms with Crippen molar-refractivity contribution < 1.29 is 23.9 Å². The van der Waals surface area contributed by atoms with Gasteiger partial charge in [0.2, 0.25) is 5.91 Å². The van der Waals surface area contributed by atoms with E-state index in [1.54, 1.807) is 40.0 Å². The maximum Gasteiger partial charge on any atom is 0.410 e. The summed E-state index contributed by atoms with van der Waals surface area (Å²) >= 11 is 0. The maximum absolute atomic E-state index is 13.2. The highest BCUT2D eigenvalue weighted by atomic mass is 16.6. The lowest BCUT2D eigenvalue weighted by molar-refractivity contribution is -0.149. The molecule has 1 unspecified atom stereocenters. The van der Waals surface area contributed by atoms with Crippen LogP contribution in [0, 0.1) is 5.92 Å². The molecule has 1 aliphatic heterocycles. The summed E-state index contributed by atoms with van der Waals surface area (Å²) in [6.45, 7) is 11.4. The number of nitrogens with zero attached hydrogens (tertiary/aromatic N) is 2. The second-order valence-corrected chi connectivity index (χ2v) is 8.45. The first-order valence-electron chi connectivity index (χ1n) is 9.73. The van der Waals surface area contributed by atoms with Crippen LogP contribution >= 0.6 is 0 Å². The van der Waals surface area contributed by atoms with E-state index in [9.17, 15) is 14.4 Å². The molecule has 0 saturated heterocycles. The predicted octanol–water partition coefficient (Wildman–Crippen LogP) is 1.87. The van der Waals surface area contributed by atoms with E-state index in [4.69, 9.17) is 9.47 Å². The summed E-state index contributed by atoms with van der Waals surface area (Å²) in [5.74, 6) is -1.73. The predicted molar refractivity (Wildman–Crippen MR) is 104 cm³/mol. The zero-order chi connectivity index (χ0) is 21.4. The molecule has 2 aliphatic rings. The molecule has 1 saturated carbocycles. The first kappa shape index (κ1) is 20.9. The lowest BCUT2D eigenvalue weighted by Gasteiger charge is -2.33. The monoisotopic (exact) mass is 404 g/mol. The SMILES string of the molecule is C=C[C@@H]1C[C@]1(NC(=O)C1CN(C(=O)OC(C)(C)C)Cc2cn[nH]c21)C(=O)OCC. The van der Waals surface area contributed by atoms with Crippen molar-refractivity contribution >= 4 is 18.0 Å². The summed E-state index contributed by atoms with van der Waals surface area (Å²) in [5, 5.41) is 9.73. The Morgan fingerprint density at radius 2 is 2.17 bits per heavy atom. The van der Waals surface area contributed by atoms with Gasteiger partial charge in [0.25, 0.3) is 0 Å². The molecule has 0 radical (unpaired) electrons. The van der Waals surface area contributed by atoms with Crippen molar-refractivity contribution in [3.05, 3.63) is 30.1 Å². The minimum Gasteiger partial charge on any atom is -0.464 e. The Morgan fingerprint density at radius 1 is 1.45 bits per heavy atom. The van der Waals surface area contributed by atoms with E-state index < -0.39 is 29.1 Å². The molecule has 158 valence electrons. The number of H-pyrrole nitrogens is 1. The van der Waals surface area contributed by atoms with E-state index >= 15 is 0 Å². The molecule has 9 heteroatoms. The molecule has 1 aromatic heterocycles. The molecule has 0 bridgehead atoms. The zero-order valence-electron chi connectivity index (χ0n) is 17.3. The Morgan fingerprint density at radius 3 is 2.76 bits per heavy atom. The fourth-order valence-corrected chi connectivity index (χ4v) is 3.58. The fourth-order valence-electron chi connectivity index (χ4n) is 3.58. The van der Waals surface area contributed by atoms with E-state index in [1.165, 1.54) is 4.90 Å². The number of rotatable bonds is 5. The number of nitrogens with one attached hydrogen (secondary N) is 2. The van der Waals surface area contributed by atoms with Gasteiger partial charge in [-0.2, -0.15) is 5.10 Å². The maximum atomic E-state index is 13.2. The smallest absolute Gasteiger partial charge is 0.410 e. The van der Waals surface area contributed by atoms with Crippen molar-refractivity contribution in [3.63, 3.8) is 0 Å². The standard InChI is InChI=1S/C20H28N4O5/c1-6-13-8-20(13,17(26)28-7-2)22-16(25)14-11-24(18(27)29-19(3,4)5)10-12-9-21-23-15(12)14/h6,9,13-14H,1,7-8,10-11H2,2-5H3,(H,21,23)(H,22,25)/t13-,14?,20-/m1/s1. The highest BCUT2D eigenvalue weighted by Crippen LogP contribution is 2.46. The number of amides is 2. The lowest BCUT2D eigenvalue weighted by Crippen LogP contribution is -2.51. The van der Waals surface area contributed by atoms with Crippen molar-refractivity contribution in [2.24, 2.45) is 5.92 Å². The van der Waals surface area contributed by atoms with Crippen molar-refractivity contribution in [2.75, 3.05) is 13.2 Å². The van der Waals surface area contributed by atoms with Crippen molar-refractivity contribution in [1.29, 1.82) is 0 Å². The van der Waals surface area contributed by atoms with Gasteiger partial charge in [-0.15, -0.1) is 6.58 Å². The van der Waals surface area contributed by atoms with Crippen LogP contribution in [0.1, 0.15) is 51.3 Å². The number of fused-ring (bicyclic) bond motifs is 1. The zero-order valence-corrected chi connectivity index (χ0v) is 17.3. The number of ether oxygens (including phenoxy) is 2. The molecular formula is C20H28N4O5. The summed E-state index contributed by atoms with van der Waals surface area (Å²) in [6, 6.07) is 0. The summed E-state index contributed by atoms with van der Waals surface area (Å²) in [7, 11) is 0. The molecule has 1 fully saturated rings. The minimum atomic E-state index is -1.09. The summed E-state index contributed by atoms with van der Waals surface area (Å²) in [5.41, 5.74) is -0.367. The van der Waals surface area contributed by atoms with Gasteiger partial charge in [-0.05, 0) is 34.1 Å². The van der Waals surface area contributed by atoms with Crippen LogP contribution < -0.4 is 5.32 Å². The van der Waals surface area contributed by atoms with Gasteiger partial charge >= 0.3 is 12.1 Å². The van der Waals surface area contributed by atoms with Gasteiger partial charge in [0.05, 0.1) is 31.0 Å². The molecule has 2 heterocycles. The number of carbonyl (C=O) groups is 3. The second-order valence-electron chi connectivity index (χ2n) is 8.45. The van der Waals surface area contributed by atoms with Gasteiger partial charge in [-0.3, -0.25) is 9.89 Å². The average Bonchev–Trinajstić information content (AvgIpc) is 3.14. The van der Waals surface area contributed by atoms with Gasteiger partial charge in [0, 0.05) is 18.0 Å². The van der Waals surface area contributed by atoms with Gasteiger partial charge in [-0.25, -0.2) is 9.59 Å². The largest absolute Gasteiger partial charge is 0.464 e. The molecule has 9 nitrogen and oxygen atoms in total. The van der Waals surface area contributed by atoms with Gasteiger partial charge in [0.1, 0.15) is 11.1 Å². The van der Waals surface area contributed by atoms with Gasteiger partial charge in [0.15, 0.2) is 0 Å². The van der Waals surface area contributed by atoms with Crippen LogP contribution in [0.4, 0.5) is 4.79 Å². The normalized spacial score (nSPS) is 25.6. The third kappa shape index (κ3) is 4.13. The van der Waals surface area contributed by atoms with Crippen molar-refractivity contribution in [2.45, 2.75) is 57.7 Å². The number of esters is 1. The van der Waals surface area contributed by atoms with E-state index in [1.807, 2.05) is 0 Å². The molecule has 1 aliphatic carbocycles. The number of carbonyl (C=O) groups excluding carboxylic acids is 3. The lowest BCUT2D eigenvalue weighted by atomic mass is 9.95. The number of aromatic nitrogens is 2. The van der Waals surface area contributed by atoms with E-state index in [0.29, 0.717) is 18.7 Å². The molecular weight excluding hydrogens is 376 g/mol. The third-order valence-electron chi connectivity index (χ3n) is 5.12. The minimum absolute atomic E-state index is 0.119. The third-order valence-corrected chi connectivity index (χ3v) is 5.12. The average molecular weight is 404 g/mol. The summed E-state index contributed by atoms with van der Waals surface area (Å²) < 4.78 is 10.6. The molecule has 2 amide bonds. The highest BCUT2D eigenvalue weighted by molar-refractivity contribution is 5.94. The molecule has 3 atom stereocenters. The first-order chi connectivity index (χ1) is 13.6. The van der Waals surface area contributed by atoms with Gasteiger partial charge in [-0.1, -0.05) is 6.08 Å². The van der Waals surface area contributed by atoms with Crippen LogP contribution in [0.2, 0.25) is 0 Å². The summed E-state index contributed by atoms with van der Waals surface area (Å²) in [6.07, 6.45) is 3.18. The van der Waals surface area contributed by atoms with Crippen LogP contribution in [-0.2, 0) is 25.6 Å². The topological polar surface area (TPSA) is 114 Å². The Bertz CT molecular complexity index is 827. The Balaban J connectivity index is 1.80. The van der Waals surface area contributed by atoms with Gasteiger partial charge < -0.3 is 19.7 Å². The van der Waals surface area contributed by atoms with Crippen LogP contribution in [0.25, 0.3) is 0 Å². The van der Waals surface area contributed by atoms with Crippen LogP contribution in [0.15, 0.2) is 18.9 Å². The molecule has 2 N–H and O–H groups in total. The van der Waals surface area contributed by atoms with Crippen LogP contribution in [0.5, 0.6) is 0 Å². The van der Waals surface area contributed by atoms with E-state index in [-0.39, 0.29) is 25.0 Å². The van der Waals surface area contributed by atoms with Crippen LogP contribution in [-0.4, -0.2) is 57.4 Å². The molecule has 29 heavy (non-hydrogen) atoms. The fraction of sp³-hybridized carbons (Fsp3) is 0.600. The second kappa shape index (κ2) is 7.53. The Hall–Kier alpha value is -2.84. The quantitative estimate of drug-likeness (QED) is 0.572. The molecule has 0 aromatic carbocycles. The Kier molecular flexibility index (Phi) is 5.42. The molecule has 3 rings (SSSR count). The first-order valence-corrected chi connectivity index (χ1v) is 9.73. The number of hydrogen-bond acceptors (Lipinski definition) is 6. The van der Waals surface area contributed by atoms with Crippen molar-refractivity contribution in [1.82, 2.24) is 20.4 Å². The van der Waals surface area contributed by atoms with E-state index in [0.717, 1.165) is 5.56 Å². The van der Waals surface area contributed by atoms with E-state index in [2.05, 4.69) is 22.1 Å². The number of hydrogen-bond donors (Lipinski definition) is 2. The molecule has 1 aromatic rings. The Labute approximate surface area is 169 Å². The highest BCUT2D eigenvalue weighted by Gasteiger charge is 2.61. The van der Waals surface area contributed by atoms with Crippen LogP contribution in [0.3, 0.4) is 0 Å². The van der Waals surface area contributed by atoms with Crippen molar-refractivity contribution in [3.8, 4) is 0 Å². The number of aromatic amines is 1. The molecule has 0 spiro atoms.